The van der Waals surface area contributed by atoms with E-state index < -0.39 is 0 Å². The van der Waals surface area contributed by atoms with Crippen LogP contribution in [-0.4, -0.2) is 38.2 Å². The second kappa shape index (κ2) is 7.82. The van der Waals surface area contributed by atoms with Crippen LogP contribution in [0, 0.1) is 5.92 Å². The topological polar surface area (TPSA) is 80.8 Å². The van der Waals surface area contributed by atoms with Crippen molar-refractivity contribution in [3.05, 3.63) is 48.5 Å². The molecule has 1 aliphatic rings. The molecule has 7 heteroatoms. The molecule has 140 valence electrons. The molecule has 0 bridgehead atoms. The van der Waals surface area contributed by atoms with Crippen molar-refractivity contribution < 1.29 is 4.52 Å². The average molecular weight is 364 g/mol. The van der Waals surface area contributed by atoms with Crippen LogP contribution in [0.4, 0.5) is 5.95 Å². The van der Waals surface area contributed by atoms with Crippen LogP contribution in [0.5, 0.6) is 0 Å². The number of nitrogens with zero attached hydrogens (tertiary/aromatic N) is 6. The molecule has 0 unspecified atom stereocenters. The molecule has 0 saturated carbocycles. The summed E-state index contributed by atoms with van der Waals surface area (Å²) in [5.74, 6) is 3.01. The zero-order valence-corrected chi connectivity index (χ0v) is 15.7. The zero-order chi connectivity index (χ0) is 18.6. The van der Waals surface area contributed by atoms with Crippen molar-refractivity contribution in [2.75, 3.05) is 18.0 Å². The molecule has 0 amide bonds. The molecule has 0 radical (unpaired) electrons. The summed E-state index contributed by atoms with van der Waals surface area (Å²) >= 11 is 0. The van der Waals surface area contributed by atoms with Crippen LogP contribution >= 0.6 is 0 Å². The summed E-state index contributed by atoms with van der Waals surface area (Å²) in [5.41, 5.74) is 1.87. The first-order valence-electron chi connectivity index (χ1n) is 9.50. The fraction of sp³-hybridized carbons (Fsp3) is 0.450. The first-order chi connectivity index (χ1) is 13.2. The zero-order valence-electron chi connectivity index (χ0n) is 15.7. The molecule has 3 aromatic heterocycles. The van der Waals surface area contributed by atoms with E-state index in [1.54, 1.807) is 6.20 Å². The highest BCUT2D eigenvalue weighted by Gasteiger charge is 2.27. The molecule has 1 fully saturated rings. The van der Waals surface area contributed by atoms with Gasteiger partial charge in [-0.1, -0.05) is 19.0 Å². The summed E-state index contributed by atoms with van der Waals surface area (Å²) in [6, 6.07) is 5.84. The van der Waals surface area contributed by atoms with Gasteiger partial charge in [0, 0.05) is 43.7 Å². The largest absolute Gasteiger partial charge is 0.340 e. The first-order valence-corrected chi connectivity index (χ1v) is 9.50. The van der Waals surface area contributed by atoms with Gasteiger partial charge in [0.1, 0.15) is 0 Å². The molecule has 0 aromatic carbocycles. The number of anilines is 1. The fourth-order valence-electron chi connectivity index (χ4n) is 3.42. The highest BCUT2D eigenvalue weighted by molar-refractivity contribution is 5.58. The van der Waals surface area contributed by atoms with Crippen LogP contribution in [0.1, 0.15) is 44.3 Å². The molecule has 27 heavy (non-hydrogen) atoms. The standard InChI is InChI=1S/C20H24N6O/c1-14(2)11-18-24-19(27-25-18)16-6-4-10-26(13-16)20-22-9-7-17(23-20)15-5-3-8-21-12-15/h3,5,7-9,12,14,16H,4,6,10-11,13H2,1-2H3/t16-/m1/s1. The molecular formula is C20H24N6O. The van der Waals surface area contributed by atoms with E-state index in [1.807, 2.05) is 30.6 Å². The monoisotopic (exact) mass is 364 g/mol. The van der Waals surface area contributed by atoms with Crippen LogP contribution in [-0.2, 0) is 6.42 Å². The average Bonchev–Trinajstić information content (AvgIpc) is 3.17. The SMILES string of the molecule is CC(C)Cc1noc([C@@H]2CCCN(c3nccc(-c4cccnc4)n3)C2)n1. The highest BCUT2D eigenvalue weighted by Crippen LogP contribution is 2.28. The summed E-state index contributed by atoms with van der Waals surface area (Å²) in [7, 11) is 0. The summed E-state index contributed by atoms with van der Waals surface area (Å²) < 4.78 is 5.55. The summed E-state index contributed by atoms with van der Waals surface area (Å²) in [6.45, 7) is 6.04. The van der Waals surface area contributed by atoms with E-state index in [-0.39, 0.29) is 5.92 Å². The Hall–Kier alpha value is -2.83. The van der Waals surface area contributed by atoms with Crippen LogP contribution < -0.4 is 4.90 Å². The fourth-order valence-corrected chi connectivity index (χ4v) is 3.42. The lowest BCUT2D eigenvalue weighted by atomic mass is 9.98. The van der Waals surface area contributed by atoms with Crippen LogP contribution in [0.25, 0.3) is 11.3 Å². The molecule has 4 heterocycles. The normalized spacial score (nSPS) is 17.4. The van der Waals surface area contributed by atoms with Gasteiger partial charge < -0.3 is 9.42 Å². The maximum Gasteiger partial charge on any atom is 0.231 e. The van der Waals surface area contributed by atoms with Crippen LogP contribution in [0.2, 0.25) is 0 Å². The van der Waals surface area contributed by atoms with E-state index in [0.717, 1.165) is 61.3 Å². The van der Waals surface area contributed by atoms with E-state index in [0.29, 0.717) is 5.92 Å². The smallest absolute Gasteiger partial charge is 0.231 e. The number of aromatic nitrogens is 5. The van der Waals surface area contributed by atoms with Gasteiger partial charge in [-0.05, 0) is 37.0 Å². The van der Waals surface area contributed by atoms with Gasteiger partial charge in [-0.25, -0.2) is 9.97 Å². The Morgan fingerprint density at radius 3 is 2.96 bits per heavy atom. The summed E-state index contributed by atoms with van der Waals surface area (Å²) in [5, 5.41) is 4.14. The molecule has 3 aromatic rings. The molecular weight excluding hydrogens is 340 g/mol. The minimum Gasteiger partial charge on any atom is -0.340 e. The van der Waals surface area contributed by atoms with Crippen molar-refractivity contribution in [2.24, 2.45) is 5.92 Å². The van der Waals surface area contributed by atoms with Crippen molar-refractivity contribution in [3.8, 4) is 11.3 Å². The maximum atomic E-state index is 5.55. The maximum absolute atomic E-state index is 5.55. The third-order valence-electron chi connectivity index (χ3n) is 4.73. The summed E-state index contributed by atoms with van der Waals surface area (Å²) in [6.07, 6.45) is 8.33. The number of hydrogen-bond acceptors (Lipinski definition) is 7. The Balaban J connectivity index is 1.51. The minimum absolute atomic E-state index is 0.220. The van der Waals surface area contributed by atoms with Crippen molar-refractivity contribution in [2.45, 2.75) is 39.0 Å². The number of rotatable bonds is 5. The third kappa shape index (κ3) is 4.13. The van der Waals surface area contributed by atoms with E-state index in [2.05, 4.69) is 38.9 Å². The van der Waals surface area contributed by atoms with Gasteiger partial charge in [-0.3, -0.25) is 4.98 Å². The van der Waals surface area contributed by atoms with Crippen molar-refractivity contribution in [1.82, 2.24) is 25.1 Å². The highest BCUT2D eigenvalue weighted by atomic mass is 16.5. The Bertz CT molecular complexity index is 879. The molecule has 1 aliphatic heterocycles. The lowest BCUT2D eigenvalue weighted by molar-refractivity contribution is 0.329. The van der Waals surface area contributed by atoms with Crippen molar-refractivity contribution in [1.29, 1.82) is 0 Å². The third-order valence-corrected chi connectivity index (χ3v) is 4.73. The van der Waals surface area contributed by atoms with E-state index >= 15 is 0 Å². The van der Waals surface area contributed by atoms with E-state index in [1.165, 1.54) is 0 Å². The summed E-state index contributed by atoms with van der Waals surface area (Å²) in [4.78, 5) is 20.2. The Labute approximate surface area is 158 Å². The molecule has 1 atom stereocenters. The second-order valence-electron chi connectivity index (χ2n) is 7.42. The predicted molar refractivity (Wildman–Crippen MR) is 102 cm³/mol. The van der Waals surface area contributed by atoms with Crippen LogP contribution in [0.3, 0.4) is 0 Å². The van der Waals surface area contributed by atoms with Gasteiger partial charge in [0.25, 0.3) is 0 Å². The lowest BCUT2D eigenvalue weighted by Crippen LogP contribution is -2.35. The number of hydrogen-bond donors (Lipinski definition) is 0. The quantitative estimate of drug-likeness (QED) is 0.685. The molecule has 7 nitrogen and oxygen atoms in total. The second-order valence-corrected chi connectivity index (χ2v) is 7.42. The molecule has 1 saturated heterocycles. The predicted octanol–water partition coefficient (Wildman–Crippen LogP) is 3.50. The van der Waals surface area contributed by atoms with Crippen molar-refractivity contribution >= 4 is 5.95 Å². The lowest BCUT2D eigenvalue weighted by Gasteiger charge is -2.31. The molecule has 0 spiro atoms. The van der Waals surface area contributed by atoms with Gasteiger partial charge >= 0.3 is 0 Å². The van der Waals surface area contributed by atoms with Crippen molar-refractivity contribution in [3.63, 3.8) is 0 Å². The Kier molecular flexibility index (Phi) is 5.09. The molecule has 0 aliphatic carbocycles. The Morgan fingerprint density at radius 1 is 1.22 bits per heavy atom. The number of piperidine rings is 1. The first kappa shape index (κ1) is 17.6. The van der Waals surface area contributed by atoms with Gasteiger partial charge in [-0.2, -0.15) is 4.98 Å². The minimum atomic E-state index is 0.220. The van der Waals surface area contributed by atoms with Crippen LogP contribution in [0.15, 0.2) is 41.3 Å². The van der Waals surface area contributed by atoms with E-state index in [9.17, 15) is 0 Å². The number of pyridine rings is 1. The van der Waals surface area contributed by atoms with Gasteiger partial charge in [0.2, 0.25) is 11.8 Å². The molecule has 4 rings (SSSR count). The van der Waals surface area contributed by atoms with Gasteiger partial charge in [-0.15, -0.1) is 0 Å². The molecule has 0 N–H and O–H groups in total. The Morgan fingerprint density at radius 2 is 2.15 bits per heavy atom. The van der Waals surface area contributed by atoms with Gasteiger partial charge in [0.05, 0.1) is 11.6 Å². The van der Waals surface area contributed by atoms with E-state index in [4.69, 9.17) is 9.51 Å². The van der Waals surface area contributed by atoms with Gasteiger partial charge in [0.15, 0.2) is 5.82 Å².